The smallest absolute Gasteiger partial charge is 0.0214 e. The molecule has 0 heterocycles. The van der Waals surface area contributed by atoms with Crippen LogP contribution in [-0.4, -0.2) is 38.1 Å². The Kier molecular flexibility index (Phi) is 6.23. The molecular weight excluding hydrogens is 208 g/mol. The van der Waals surface area contributed by atoms with E-state index in [4.69, 9.17) is 0 Å². The standard InChI is InChI=1S/C15H26N2/c1-13(2)15(16-3)12-17(4)11-10-14-8-6-5-7-9-14/h5-9,13,15-16H,10-12H2,1-4H3. The quantitative estimate of drug-likeness (QED) is 0.779. The topological polar surface area (TPSA) is 15.3 Å². The van der Waals surface area contributed by atoms with Gasteiger partial charge in [-0.05, 0) is 32.0 Å². The number of nitrogens with one attached hydrogen (secondary N) is 1. The second kappa shape index (κ2) is 7.46. The third-order valence-electron chi connectivity index (χ3n) is 3.31. The predicted molar refractivity (Wildman–Crippen MR) is 75.3 cm³/mol. The zero-order chi connectivity index (χ0) is 12.7. The van der Waals surface area contributed by atoms with Crippen molar-refractivity contribution >= 4 is 0 Å². The highest BCUT2D eigenvalue weighted by molar-refractivity contribution is 5.14. The largest absolute Gasteiger partial charge is 0.315 e. The Labute approximate surface area is 106 Å². The molecule has 0 aliphatic carbocycles. The second-order valence-corrected chi connectivity index (χ2v) is 5.14. The van der Waals surface area contributed by atoms with E-state index >= 15 is 0 Å². The average molecular weight is 234 g/mol. The zero-order valence-corrected chi connectivity index (χ0v) is 11.6. The zero-order valence-electron chi connectivity index (χ0n) is 11.6. The van der Waals surface area contributed by atoms with Crippen LogP contribution in [0.3, 0.4) is 0 Å². The molecule has 1 atom stereocenters. The number of likely N-dealkylation sites (N-methyl/N-ethyl adjacent to an activating group) is 2. The van der Waals surface area contributed by atoms with Gasteiger partial charge >= 0.3 is 0 Å². The van der Waals surface area contributed by atoms with E-state index < -0.39 is 0 Å². The van der Waals surface area contributed by atoms with Crippen molar-refractivity contribution in [2.45, 2.75) is 26.3 Å². The van der Waals surface area contributed by atoms with Gasteiger partial charge in [0.05, 0.1) is 0 Å². The minimum absolute atomic E-state index is 0.579. The van der Waals surface area contributed by atoms with Crippen LogP contribution in [0.5, 0.6) is 0 Å². The normalized spacial score (nSPS) is 13.3. The lowest BCUT2D eigenvalue weighted by Gasteiger charge is -2.26. The molecule has 0 radical (unpaired) electrons. The summed E-state index contributed by atoms with van der Waals surface area (Å²) in [6.45, 7) is 6.77. The van der Waals surface area contributed by atoms with Crippen molar-refractivity contribution in [1.82, 2.24) is 10.2 Å². The molecule has 1 rings (SSSR count). The van der Waals surface area contributed by atoms with Gasteiger partial charge < -0.3 is 10.2 Å². The van der Waals surface area contributed by atoms with E-state index in [2.05, 4.69) is 68.5 Å². The number of hydrogen-bond acceptors (Lipinski definition) is 2. The molecule has 0 aromatic heterocycles. The van der Waals surface area contributed by atoms with Gasteiger partial charge in [0.25, 0.3) is 0 Å². The van der Waals surface area contributed by atoms with Gasteiger partial charge in [0, 0.05) is 19.1 Å². The predicted octanol–water partition coefficient (Wildman–Crippen LogP) is 2.40. The highest BCUT2D eigenvalue weighted by Gasteiger charge is 2.12. The van der Waals surface area contributed by atoms with E-state index in [0.29, 0.717) is 12.0 Å². The lowest BCUT2D eigenvalue weighted by atomic mass is 10.0. The lowest BCUT2D eigenvalue weighted by Crippen LogP contribution is -2.41. The fourth-order valence-electron chi connectivity index (χ4n) is 2.03. The average Bonchev–Trinajstić information content (AvgIpc) is 2.34. The van der Waals surface area contributed by atoms with Crippen LogP contribution < -0.4 is 5.32 Å². The van der Waals surface area contributed by atoms with Gasteiger partial charge in [0.1, 0.15) is 0 Å². The molecule has 0 fully saturated rings. The Morgan fingerprint density at radius 3 is 2.35 bits per heavy atom. The van der Waals surface area contributed by atoms with E-state index in [1.807, 2.05) is 0 Å². The van der Waals surface area contributed by atoms with Crippen LogP contribution >= 0.6 is 0 Å². The van der Waals surface area contributed by atoms with Gasteiger partial charge in [0.15, 0.2) is 0 Å². The summed E-state index contributed by atoms with van der Waals surface area (Å²) in [6, 6.07) is 11.3. The van der Waals surface area contributed by atoms with Crippen LogP contribution in [0.25, 0.3) is 0 Å². The van der Waals surface area contributed by atoms with Crippen LogP contribution in [0.1, 0.15) is 19.4 Å². The number of benzene rings is 1. The summed E-state index contributed by atoms with van der Waals surface area (Å²) in [5, 5.41) is 3.39. The monoisotopic (exact) mass is 234 g/mol. The first kappa shape index (κ1) is 14.2. The molecule has 2 nitrogen and oxygen atoms in total. The van der Waals surface area contributed by atoms with Crippen LogP contribution in [0.15, 0.2) is 30.3 Å². The van der Waals surface area contributed by atoms with E-state index in [9.17, 15) is 0 Å². The highest BCUT2D eigenvalue weighted by atomic mass is 15.1. The Hall–Kier alpha value is -0.860. The van der Waals surface area contributed by atoms with Crippen molar-refractivity contribution in [1.29, 1.82) is 0 Å². The van der Waals surface area contributed by atoms with Crippen LogP contribution in [0.2, 0.25) is 0 Å². The van der Waals surface area contributed by atoms with E-state index in [-0.39, 0.29) is 0 Å². The molecule has 0 bridgehead atoms. The van der Waals surface area contributed by atoms with E-state index in [1.165, 1.54) is 5.56 Å². The van der Waals surface area contributed by atoms with Gasteiger partial charge in [-0.2, -0.15) is 0 Å². The molecule has 96 valence electrons. The van der Waals surface area contributed by atoms with Crippen molar-refractivity contribution in [3.8, 4) is 0 Å². The molecule has 1 unspecified atom stereocenters. The molecule has 0 amide bonds. The fourth-order valence-corrected chi connectivity index (χ4v) is 2.03. The van der Waals surface area contributed by atoms with Gasteiger partial charge in [0.2, 0.25) is 0 Å². The molecule has 1 aromatic carbocycles. The molecule has 0 spiro atoms. The SMILES string of the molecule is CNC(CN(C)CCc1ccccc1)C(C)C. The summed E-state index contributed by atoms with van der Waals surface area (Å²) in [5.74, 6) is 0.680. The number of nitrogens with zero attached hydrogens (tertiary/aromatic N) is 1. The van der Waals surface area contributed by atoms with Crippen LogP contribution in [0.4, 0.5) is 0 Å². The second-order valence-electron chi connectivity index (χ2n) is 5.14. The lowest BCUT2D eigenvalue weighted by molar-refractivity contribution is 0.264. The van der Waals surface area contributed by atoms with E-state index in [0.717, 1.165) is 19.5 Å². The summed E-state index contributed by atoms with van der Waals surface area (Å²) >= 11 is 0. The first-order chi connectivity index (χ1) is 8.13. The first-order valence-corrected chi connectivity index (χ1v) is 6.53. The van der Waals surface area contributed by atoms with Gasteiger partial charge in [-0.1, -0.05) is 44.2 Å². The van der Waals surface area contributed by atoms with Gasteiger partial charge in [-0.3, -0.25) is 0 Å². The maximum atomic E-state index is 3.39. The fraction of sp³-hybridized carbons (Fsp3) is 0.600. The van der Waals surface area contributed by atoms with E-state index in [1.54, 1.807) is 0 Å². The maximum Gasteiger partial charge on any atom is 0.0214 e. The summed E-state index contributed by atoms with van der Waals surface area (Å²) in [7, 11) is 4.26. The summed E-state index contributed by atoms with van der Waals surface area (Å²) < 4.78 is 0. The Balaban J connectivity index is 2.32. The first-order valence-electron chi connectivity index (χ1n) is 6.53. The van der Waals surface area contributed by atoms with Crippen molar-refractivity contribution in [3.63, 3.8) is 0 Å². The Bertz CT molecular complexity index is 295. The molecule has 17 heavy (non-hydrogen) atoms. The molecule has 2 heteroatoms. The third-order valence-corrected chi connectivity index (χ3v) is 3.31. The summed E-state index contributed by atoms with van der Waals surface area (Å²) in [4.78, 5) is 2.41. The number of rotatable bonds is 7. The Morgan fingerprint density at radius 2 is 1.82 bits per heavy atom. The van der Waals surface area contributed by atoms with Crippen LogP contribution in [-0.2, 0) is 6.42 Å². The molecule has 0 aliphatic heterocycles. The Morgan fingerprint density at radius 1 is 1.18 bits per heavy atom. The van der Waals surface area contributed by atoms with Crippen LogP contribution in [0, 0.1) is 5.92 Å². The number of hydrogen-bond donors (Lipinski definition) is 1. The highest BCUT2D eigenvalue weighted by Crippen LogP contribution is 2.04. The molecule has 0 aliphatic rings. The van der Waals surface area contributed by atoms with Crippen molar-refractivity contribution in [2.24, 2.45) is 5.92 Å². The molecule has 1 N–H and O–H groups in total. The molecule has 1 aromatic rings. The van der Waals surface area contributed by atoms with Gasteiger partial charge in [-0.25, -0.2) is 0 Å². The van der Waals surface area contributed by atoms with Gasteiger partial charge in [-0.15, -0.1) is 0 Å². The van der Waals surface area contributed by atoms with Crippen molar-refractivity contribution < 1.29 is 0 Å². The molecular formula is C15H26N2. The maximum absolute atomic E-state index is 3.39. The molecule has 0 saturated heterocycles. The van der Waals surface area contributed by atoms with Crippen molar-refractivity contribution in [2.75, 3.05) is 27.2 Å². The van der Waals surface area contributed by atoms with Crippen molar-refractivity contribution in [3.05, 3.63) is 35.9 Å². The summed E-state index contributed by atoms with van der Waals surface area (Å²) in [5.41, 5.74) is 1.42. The minimum Gasteiger partial charge on any atom is -0.315 e. The summed E-state index contributed by atoms with van der Waals surface area (Å²) in [6.07, 6.45) is 1.13. The molecule has 0 saturated carbocycles. The minimum atomic E-state index is 0.579. The third kappa shape index (κ3) is 5.33.